The van der Waals surface area contributed by atoms with Crippen LogP contribution in [0.1, 0.15) is 12.8 Å². The Balaban J connectivity index is 2.29. The van der Waals surface area contributed by atoms with Gasteiger partial charge in [0.2, 0.25) is 10.0 Å². The van der Waals surface area contributed by atoms with Crippen LogP contribution in [-0.4, -0.2) is 30.8 Å². The maximum Gasteiger partial charge on any atom is 0.244 e. The van der Waals surface area contributed by atoms with Crippen molar-refractivity contribution in [2.24, 2.45) is 5.92 Å². The van der Waals surface area contributed by atoms with Crippen molar-refractivity contribution in [1.29, 1.82) is 5.26 Å². The van der Waals surface area contributed by atoms with Gasteiger partial charge in [-0.05, 0) is 18.9 Å². The van der Waals surface area contributed by atoms with Crippen LogP contribution in [0.25, 0.3) is 0 Å². The molecule has 1 aliphatic heterocycles. The van der Waals surface area contributed by atoms with Gasteiger partial charge in [-0.3, -0.25) is 4.98 Å². The van der Waals surface area contributed by atoms with Crippen LogP contribution in [0.3, 0.4) is 0 Å². The molecule has 1 unspecified atom stereocenters. The number of nitrogens with zero attached hydrogens (tertiary/aromatic N) is 3. The largest absolute Gasteiger partial charge is 0.260 e. The van der Waals surface area contributed by atoms with Gasteiger partial charge in [0.15, 0.2) is 0 Å². The maximum atomic E-state index is 13.0. The van der Waals surface area contributed by atoms with Crippen molar-refractivity contribution in [2.75, 3.05) is 13.1 Å². The van der Waals surface area contributed by atoms with Crippen LogP contribution in [0.5, 0.6) is 0 Å². The van der Waals surface area contributed by atoms with Gasteiger partial charge in [-0.1, -0.05) is 0 Å². The lowest BCUT2D eigenvalue weighted by molar-refractivity contribution is 0.305. The van der Waals surface area contributed by atoms with E-state index in [-0.39, 0.29) is 17.4 Å². The number of hydrogen-bond donors (Lipinski definition) is 0. The van der Waals surface area contributed by atoms with E-state index in [4.69, 9.17) is 5.26 Å². The molecule has 2 heterocycles. The summed E-state index contributed by atoms with van der Waals surface area (Å²) in [6.45, 7) is 0.520. The van der Waals surface area contributed by atoms with E-state index < -0.39 is 15.8 Å². The van der Waals surface area contributed by atoms with E-state index >= 15 is 0 Å². The molecule has 96 valence electrons. The fraction of sp³-hybridized carbons (Fsp3) is 0.455. The quantitative estimate of drug-likeness (QED) is 0.807. The van der Waals surface area contributed by atoms with E-state index in [0.717, 1.165) is 18.5 Å². The summed E-state index contributed by atoms with van der Waals surface area (Å²) in [5.41, 5.74) is 0. The monoisotopic (exact) mass is 269 g/mol. The first-order valence-corrected chi connectivity index (χ1v) is 6.98. The fourth-order valence-electron chi connectivity index (χ4n) is 1.95. The van der Waals surface area contributed by atoms with Crippen molar-refractivity contribution in [3.8, 4) is 6.07 Å². The van der Waals surface area contributed by atoms with Crippen molar-refractivity contribution in [3.05, 3.63) is 24.3 Å². The van der Waals surface area contributed by atoms with Crippen LogP contribution in [-0.2, 0) is 10.0 Å². The Morgan fingerprint density at radius 1 is 1.50 bits per heavy atom. The molecule has 0 aromatic carbocycles. The van der Waals surface area contributed by atoms with E-state index in [9.17, 15) is 12.8 Å². The lowest BCUT2D eigenvalue weighted by atomic mass is 10.0. The first-order valence-electron chi connectivity index (χ1n) is 5.54. The van der Waals surface area contributed by atoms with Gasteiger partial charge in [0.25, 0.3) is 0 Å². The maximum absolute atomic E-state index is 13.0. The highest BCUT2D eigenvalue weighted by molar-refractivity contribution is 7.89. The molecule has 1 aliphatic rings. The SMILES string of the molecule is N#CC1CCCN(S(=O)(=O)c2cncc(F)c2)C1. The number of hydrogen-bond acceptors (Lipinski definition) is 4. The first-order chi connectivity index (χ1) is 8.54. The summed E-state index contributed by atoms with van der Waals surface area (Å²) in [4.78, 5) is 3.37. The minimum absolute atomic E-state index is 0.162. The highest BCUT2D eigenvalue weighted by Gasteiger charge is 2.30. The lowest BCUT2D eigenvalue weighted by Crippen LogP contribution is -2.39. The Morgan fingerprint density at radius 3 is 2.94 bits per heavy atom. The predicted molar refractivity (Wildman–Crippen MR) is 61.3 cm³/mol. The molecule has 0 radical (unpaired) electrons. The second-order valence-electron chi connectivity index (χ2n) is 4.17. The highest BCUT2D eigenvalue weighted by atomic mass is 32.2. The molecule has 0 aliphatic carbocycles. The molecule has 1 saturated heterocycles. The molecule has 0 bridgehead atoms. The topological polar surface area (TPSA) is 74.1 Å². The molecule has 1 aromatic heterocycles. The zero-order chi connectivity index (χ0) is 13.2. The van der Waals surface area contributed by atoms with Crippen molar-refractivity contribution in [1.82, 2.24) is 9.29 Å². The summed E-state index contributed by atoms with van der Waals surface area (Å²) >= 11 is 0. The molecule has 5 nitrogen and oxygen atoms in total. The Hall–Kier alpha value is -1.52. The van der Waals surface area contributed by atoms with Crippen molar-refractivity contribution >= 4 is 10.0 Å². The number of aromatic nitrogens is 1. The molecule has 1 atom stereocenters. The lowest BCUT2D eigenvalue weighted by Gasteiger charge is -2.28. The third-order valence-corrected chi connectivity index (χ3v) is 4.71. The Kier molecular flexibility index (Phi) is 3.59. The highest BCUT2D eigenvalue weighted by Crippen LogP contribution is 2.23. The third kappa shape index (κ3) is 2.49. The Labute approximate surface area is 105 Å². The Bertz CT molecular complexity index is 582. The van der Waals surface area contributed by atoms with E-state index in [1.807, 2.05) is 0 Å². The zero-order valence-corrected chi connectivity index (χ0v) is 10.4. The first kappa shape index (κ1) is 12.9. The average molecular weight is 269 g/mol. The van der Waals surface area contributed by atoms with Crippen molar-refractivity contribution in [2.45, 2.75) is 17.7 Å². The summed E-state index contributed by atoms with van der Waals surface area (Å²) in [7, 11) is -3.75. The second kappa shape index (κ2) is 5.00. The van der Waals surface area contributed by atoms with Gasteiger partial charge in [0.1, 0.15) is 10.7 Å². The summed E-state index contributed by atoms with van der Waals surface area (Å²) in [5, 5.41) is 8.85. The molecule has 7 heteroatoms. The van der Waals surface area contributed by atoms with Gasteiger partial charge < -0.3 is 0 Å². The number of nitriles is 1. The number of sulfonamides is 1. The average Bonchev–Trinajstić information content (AvgIpc) is 2.39. The molecule has 1 fully saturated rings. The summed E-state index contributed by atoms with van der Waals surface area (Å²) in [6, 6.07) is 3.02. The summed E-state index contributed by atoms with van der Waals surface area (Å²) in [5.74, 6) is -0.986. The molecular weight excluding hydrogens is 257 g/mol. The summed E-state index contributed by atoms with van der Waals surface area (Å²) in [6.07, 6.45) is 3.41. The van der Waals surface area contributed by atoms with Gasteiger partial charge in [-0.15, -0.1) is 0 Å². The van der Waals surface area contributed by atoms with Crippen LogP contribution >= 0.6 is 0 Å². The van der Waals surface area contributed by atoms with E-state index in [0.29, 0.717) is 19.4 Å². The number of halogens is 1. The van der Waals surface area contributed by atoms with Gasteiger partial charge in [-0.25, -0.2) is 12.8 Å². The number of piperidine rings is 1. The fourth-order valence-corrected chi connectivity index (χ4v) is 3.45. The normalized spacial score (nSPS) is 21.4. The van der Waals surface area contributed by atoms with Crippen LogP contribution in [0, 0.1) is 23.1 Å². The standard InChI is InChI=1S/C11H12FN3O2S/c12-10-4-11(7-14-6-10)18(16,17)15-3-1-2-9(5-13)8-15/h4,6-7,9H,1-3,8H2. The van der Waals surface area contributed by atoms with Crippen LogP contribution in [0.15, 0.2) is 23.4 Å². The van der Waals surface area contributed by atoms with Gasteiger partial charge in [0.05, 0.1) is 18.2 Å². The van der Waals surface area contributed by atoms with Crippen LogP contribution in [0.2, 0.25) is 0 Å². The second-order valence-corrected chi connectivity index (χ2v) is 6.11. The van der Waals surface area contributed by atoms with E-state index in [2.05, 4.69) is 11.1 Å². The minimum Gasteiger partial charge on any atom is -0.260 e. The number of rotatable bonds is 2. The van der Waals surface area contributed by atoms with Gasteiger partial charge in [-0.2, -0.15) is 9.57 Å². The minimum atomic E-state index is -3.75. The smallest absolute Gasteiger partial charge is 0.244 e. The van der Waals surface area contributed by atoms with Gasteiger partial charge in [0, 0.05) is 19.3 Å². The molecule has 0 spiro atoms. The molecule has 0 amide bonds. The van der Waals surface area contributed by atoms with E-state index in [1.54, 1.807) is 0 Å². The third-order valence-electron chi connectivity index (χ3n) is 2.88. The predicted octanol–water partition coefficient (Wildman–Crippen LogP) is 1.14. The molecule has 1 aromatic rings. The molecule has 0 N–H and O–H groups in total. The molecule has 0 saturated carbocycles. The van der Waals surface area contributed by atoms with Crippen LogP contribution < -0.4 is 0 Å². The Morgan fingerprint density at radius 2 is 2.28 bits per heavy atom. The number of pyridine rings is 1. The summed E-state index contributed by atoms with van der Waals surface area (Å²) < 4.78 is 38.7. The molecule has 2 rings (SSSR count). The van der Waals surface area contributed by atoms with E-state index in [1.165, 1.54) is 4.31 Å². The van der Waals surface area contributed by atoms with Gasteiger partial charge >= 0.3 is 0 Å². The van der Waals surface area contributed by atoms with Crippen molar-refractivity contribution in [3.63, 3.8) is 0 Å². The molecular formula is C11H12FN3O2S. The van der Waals surface area contributed by atoms with Crippen molar-refractivity contribution < 1.29 is 12.8 Å². The zero-order valence-electron chi connectivity index (χ0n) is 9.58. The molecule has 18 heavy (non-hydrogen) atoms. The van der Waals surface area contributed by atoms with Crippen LogP contribution in [0.4, 0.5) is 4.39 Å².